The molecular weight excluding hydrogens is 242 g/mol. The summed E-state index contributed by atoms with van der Waals surface area (Å²) in [5, 5.41) is 18.2. The van der Waals surface area contributed by atoms with Gasteiger partial charge in [0.15, 0.2) is 0 Å². The van der Waals surface area contributed by atoms with Crippen LogP contribution in [0, 0.1) is 0 Å². The van der Waals surface area contributed by atoms with E-state index in [-0.39, 0.29) is 6.54 Å². The van der Waals surface area contributed by atoms with Gasteiger partial charge < -0.3 is 5.11 Å². The van der Waals surface area contributed by atoms with E-state index in [0.717, 1.165) is 0 Å². The highest BCUT2D eigenvalue weighted by Crippen LogP contribution is 2.16. The smallest absolute Gasteiger partial charge is 0.325 e. The second-order valence-electron chi connectivity index (χ2n) is 3.81. The SMILES string of the molecule is O=C(O)CN(N=Nc1ccccc1)c1ccccc1. The zero-order chi connectivity index (χ0) is 13.5. The molecule has 0 atom stereocenters. The van der Waals surface area contributed by atoms with Gasteiger partial charge in [0.05, 0.1) is 11.4 Å². The van der Waals surface area contributed by atoms with E-state index >= 15 is 0 Å². The molecule has 19 heavy (non-hydrogen) atoms. The summed E-state index contributed by atoms with van der Waals surface area (Å²) in [6.07, 6.45) is 0. The van der Waals surface area contributed by atoms with Gasteiger partial charge in [0.25, 0.3) is 0 Å². The van der Waals surface area contributed by atoms with Gasteiger partial charge in [0, 0.05) is 0 Å². The van der Waals surface area contributed by atoms with Crippen molar-refractivity contribution in [3.63, 3.8) is 0 Å². The van der Waals surface area contributed by atoms with E-state index in [9.17, 15) is 4.79 Å². The Morgan fingerprint density at radius 3 is 2.16 bits per heavy atom. The first kappa shape index (κ1) is 12.8. The van der Waals surface area contributed by atoms with Crippen molar-refractivity contribution in [2.24, 2.45) is 10.3 Å². The molecule has 0 saturated carbocycles. The summed E-state index contributed by atoms with van der Waals surface area (Å²) in [5.41, 5.74) is 1.36. The van der Waals surface area contributed by atoms with Crippen molar-refractivity contribution < 1.29 is 9.90 Å². The maximum atomic E-state index is 10.9. The minimum Gasteiger partial charge on any atom is -0.480 e. The predicted molar refractivity (Wildman–Crippen MR) is 72.4 cm³/mol. The maximum Gasteiger partial charge on any atom is 0.325 e. The molecule has 0 radical (unpaired) electrons. The van der Waals surface area contributed by atoms with E-state index < -0.39 is 5.97 Å². The van der Waals surface area contributed by atoms with Crippen LogP contribution in [0.2, 0.25) is 0 Å². The Hall–Kier alpha value is -2.69. The Balaban J connectivity index is 2.19. The van der Waals surface area contributed by atoms with Crippen LogP contribution in [0.4, 0.5) is 11.4 Å². The second-order valence-corrected chi connectivity index (χ2v) is 3.81. The van der Waals surface area contributed by atoms with Crippen LogP contribution in [-0.4, -0.2) is 17.6 Å². The summed E-state index contributed by atoms with van der Waals surface area (Å²) in [6.45, 7) is -0.236. The maximum absolute atomic E-state index is 10.9. The Morgan fingerprint density at radius 1 is 1.00 bits per heavy atom. The van der Waals surface area contributed by atoms with Crippen LogP contribution < -0.4 is 5.01 Å². The first-order valence-electron chi connectivity index (χ1n) is 5.77. The first-order chi connectivity index (χ1) is 9.25. The molecule has 0 aliphatic carbocycles. The van der Waals surface area contributed by atoms with Gasteiger partial charge in [-0.3, -0.25) is 4.79 Å². The molecule has 0 fully saturated rings. The lowest BCUT2D eigenvalue weighted by atomic mass is 10.3. The summed E-state index contributed by atoms with van der Waals surface area (Å²) < 4.78 is 0. The summed E-state index contributed by atoms with van der Waals surface area (Å²) in [6, 6.07) is 18.2. The molecule has 0 bridgehead atoms. The number of aliphatic carboxylic acids is 1. The Labute approximate surface area is 110 Å². The van der Waals surface area contributed by atoms with E-state index in [2.05, 4.69) is 10.3 Å². The zero-order valence-electron chi connectivity index (χ0n) is 10.2. The van der Waals surface area contributed by atoms with Crippen molar-refractivity contribution in [1.82, 2.24) is 0 Å². The Bertz CT molecular complexity index is 555. The van der Waals surface area contributed by atoms with Crippen LogP contribution in [0.5, 0.6) is 0 Å². The van der Waals surface area contributed by atoms with Gasteiger partial charge in [-0.25, -0.2) is 5.01 Å². The molecule has 0 aromatic heterocycles. The summed E-state index contributed by atoms with van der Waals surface area (Å²) >= 11 is 0. The zero-order valence-corrected chi connectivity index (χ0v) is 10.2. The Kier molecular flexibility index (Phi) is 4.23. The molecule has 0 unspecified atom stereocenters. The fourth-order valence-corrected chi connectivity index (χ4v) is 1.50. The van der Waals surface area contributed by atoms with Crippen LogP contribution in [-0.2, 0) is 4.79 Å². The number of carboxylic acids is 1. The molecule has 96 valence electrons. The molecule has 1 N–H and O–H groups in total. The molecule has 0 heterocycles. The van der Waals surface area contributed by atoms with Crippen LogP contribution in [0.1, 0.15) is 0 Å². The van der Waals surface area contributed by atoms with Crippen LogP contribution >= 0.6 is 0 Å². The van der Waals surface area contributed by atoms with Crippen molar-refractivity contribution >= 4 is 17.3 Å². The number of rotatable bonds is 5. The molecule has 2 aromatic rings. The molecule has 5 nitrogen and oxygen atoms in total. The molecule has 5 heteroatoms. The van der Waals surface area contributed by atoms with E-state index in [1.165, 1.54) is 5.01 Å². The lowest BCUT2D eigenvalue weighted by Crippen LogP contribution is -2.23. The summed E-state index contributed by atoms with van der Waals surface area (Å²) in [5.74, 6) is -0.962. The largest absolute Gasteiger partial charge is 0.480 e. The fraction of sp³-hybridized carbons (Fsp3) is 0.0714. The van der Waals surface area contributed by atoms with Crippen molar-refractivity contribution in [3.05, 3.63) is 60.7 Å². The minimum atomic E-state index is -0.962. The number of hydrogen-bond acceptors (Lipinski definition) is 3. The van der Waals surface area contributed by atoms with Crippen molar-refractivity contribution in [1.29, 1.82) is 0 Å². The lowest BCUT2D eigenvalue weighted by Gasteiger charge is -2.14. The molecule has 2 aromatic carbocycles. The number of hydrogen-bond donors (Lipinski definition) is 1. The normalized spacial score (nSPS) is 10.5. The summed E-state index contributed by atoms with van der Waals surface area (Å²) in [4.78, 5) is 10.9. The van der Waals surface area contributed by atoms with Gasteiger partial charge in [0.2, 0.25) is 0 Å². The lowest BCUT2D eigenvalue weighted by molar-refractivity contribution is -0.135. The first-order valence-corrected chi connectivity index (χ1v) is 5.77. The molecule has 2 rings (SSSR count). The number of carbonyl (C=O) groups is 1. The molecule has 0 spiro atoms. The van der Waals surface area contributed by atoms with Gasteiger partial charge >= 0.3 is 5.97 Å². The van der Waals surface area contributed by atoms with Gasteiger partial charge in [-0.15, -0.1) is 5.11 Å². The van der Waals surface area contributed by atoms with E-state index in [4.69, 9.17) is 5.11 Å². The highest BCUT2D eigenvalue weighted by Gasteiger charge is 2.09. The van der Waals surface area contributed by atoms with E-state index in [1.807, 2.05) is 36.4 Å². The van der Waals surface area contributed by atoms with Crippen LogP contribution in [0.15, 0.2) is 71.0 Å². The van der Waals surface area contributed by atoms with Gasteiger partial charge in [-0.05, 0) is 24.3 Å². The third kappa shape index (κ3) is 3.92. The highest BCUT2D eigenvalue weighted by molar-refractivity contribution is 5.73. The van der Waals surface area contributed by atoms with Crippen molar-refractivity contribution in [2.45, 2.75) is 0 Å². The molecule has 0 aliphatic rings. The quantitative estimate of drug-likeness (QED) is 0.658. The molecule has 0 amide bonds. The third-order valence-corrected chi connectivity index (χ3v) is 2.36. The number of nitrogens with zero attached hydrogens (tertiary/aromatic N) is 3. The molecule has 0 saturated heterocycles. The average Bonchev–Trinajstić information content (AvgIpc) is 2.45. The predicted octanol–water partition coefficient (Wildman–Crippen LogP) is 3.28. The highest BCUT2D eigenvalue weighted by atomic mass is 16.4. The number of benzene rings is 2. The van der Waals surface area contributed by atoms with Gasteiger partial charge in [-0.2, -0.15) is 0 Å². The van der Waals surface area contributed by atoms with Gasteiger partial charge in [0.1, 0.15) is 6.54 Å². The van der Waals surface area contributed by atoms with Crippen molar-refractivity contribution in [3.8, 4) is 0 Å². The van der Waals surface area contributed by atoms with Crippen molar-refractivity contribution in [2.75, 3.05) is 11.6 Å². The third-order valence-electron chi connectivity index (χ3n) is 2.36. The van der Waals surface area contributed by atoms with Gasteiger partial charge in [-0.1, -0.05) is 41.6 Å². The monoisotopic (exact) mass is 255 g/mol. The Morgan fingerprint density at radius 2 is 1.58 bits per heavy atom. The van der Waals surface area contributed by atoms with Crippen LogP contribution in [0.25, 0.3) is 0 Å². The number of carboxylic acid groups (broad SMARTS) is 1. The van der Waals surface area contributed by atoms with E-state index in [0.29, 0.717) is 11.4 Å². The number of para-hydroxylation sites is 1. The van der Waals surface area contributed by atoms with E-state index in [1.54, 1.807) is 24.3 Å². The summed E-state index contributed by atoms with van der Waals surface area (Å²) in [7, 11) is 0. The minimum absolute atomic E-state index is 0.236. The topological polar surface area (TPSA) is 65.3 Å². The number of anilines is 1. The average molecular weight is 255 g/mol. The fourth-order valence-electron chi connectivity index (χ4n) is 1.50. The van der Waals surface area contributed by atoms with Crippen LogP contribution in [0.3, 0.4) is 0 Å². The molecule has 0 aliphatic heterocycles. The second kappa shape index (κ2) is 6.30. The standard InChI is InChI=1S/C14H13N3O2/c18-14(19)11-17(13-9-5-2-6-10-13)16-15-12-7-3-1-4-8-12/h1-10H,11H2,(H,18,19). The molecular formula is C14H13N3O2.